The highest BCUT2D eigenvalue weighted by molar-refractivity contribution is 4.76. The Morgan fingerprint density at radius 1 is 1.09 bits per heavy atom. The van der Waals surface area contributed by atoms with Gasteiger partial charge in [0.05, 0.1) is 6.10 Å². The molecule has 2 heteroatoms. The predicted octanol–water partition coefficient (Wildman–Crippen LogP) is 1.52. The van der Waals surface area contributed by atoms with E-state index < -0.39 is 0 Å². The molecule has 0 aliphatic rings. The van der Waals surface area contributed by atoms with Crippen LogP contribution in [0.25, 0.3) is 0 Å². The Kier molecular flexibility index (Phi) is 5.51. The number of hydrogen-bond donors (Lipinski definition) is 2. The molecule has 3 N–H and O–H groups in total. The Hall–Kier alpha value is -0.0800. The van der Waals surface area contributed by atoms with Crippen LogP contribution in [0.5, 0.6) is 0 Å². The highest BCUT2D eigenvalue weighted by Gasteiger charge is 2.20. The van der Waals surface area contributed by atoms with Gasteiger partial charge in [0.2, 0.25) is 0 Å². The summed E-state index contributed by atoms with van der Waals surface area (Å²) in [5, 5.41) is 9.65. The molecule has 0 heterocycles. The van der Waals surface area contributed by atoms with E-state index in [1.807, 2.05) is 6.92 Å². The standard InChI is InChI=1S/C9H21NO/c1-4-7(5-2)9(11)8(10)6-3/h7-9,11H,4-6,10H2,1-3H3. The van der Waals surface area contributed by atoms with E-state index in [0.29, 0.717) is 5.92 Å². The van der Waals surface area contributed by atoms with Gasteiger partial charge in [0, 0.05) is 6.04 Å². The second kappa shape index (κ2) is 5.56. The van der Waals surface area contributed by atoms with E-state index in [1.54, 1.807) is 0 Å². The fraction of sp³-hybridized carbons (Fsp3) is 1.00. The SMILES string of the molecule is CCC(N)C(O)C(CC)CC. The number of rotatable bonds is 5. The van der Waals surface area contributed by atoms with Gasteiger partial charge in [-0.1, -0.05) is 33.6 Å². The molecule has 2 unspecified atom stereocenters. The van der Waals surface area contributed by atoms with Crippen LogP contribution in [0.2, 0.25) is 0 Å². The van der Waals surface area contributed by atoms with Gasteiger partial charge in [0.25, 0.3) is 0 Å². The zero-order valence-corrected chi connectivity index (χ0v) is 7.88. The van der Waals surface area contributed by atoms with Crippen LogP contribution >= 0.6 is 0 Å². The van der Waals surface area contributed by atoms with Crippen molar-refractivity contribution in [3.05, 3.63) is 0 Å². The molecular formula is C9H21NO. The van der Waals surface area contributed by atoms with Crippen LogP contribution in [0.4, 0.5) is 0 Å². The molecule has 0 radical (unpaired) electrons. The third-order valence-corrected chi connectivity index (χ3v) is 2.44. The van der Waals surface area contributed by atoms with Crippen molar-refractivity contribution >= 4 is 0 Å². The van der Waals surface area contributed by atoms with Crippen LogP contribution in [-0.2, 0) is 0 Å². The summed E-state index contributed by atoms with van der Waals surface area (Å²) >= 11 is 0. The van der Waals surface area contributed by atoms with Crippen LogP contribution < -0.4 is 5.73 Å². The maximum absolute atomic E-state index is 9.65. The lowest BCUT2D eigenvalue weighted by molar-refractivity contribution is 0.0762. The highest BCUT2D eigenvalue weighted by atomic mass is 16.3. The van der Waals surface area contributed by atoms with Gasteiger partial charge in [-0.05, 0) is 12.3 Å². The van der Waals surface area contributed by atoms with Gasteiger partial charge in [-0.3, -0.25) is 0 Å². The fourth-order valence-electron chi connectivity index (χ4n) is 1.36. The topological polar surface area (TPSA) is 46.2 Å². The van der Waals surface area contributed by atoms with E-state index >= 15 is 0 Å². The van der Waals surface area contributed by atoms with Crippen molar-refractivity contribution in [2.75, 3.05) is 0 Å². The first-order chi connectivity index (χ1) is 5.17. The summed E-state index contributed by atoms with van der Waals surface area (Å²) < 4.78 is 0. The van der Waals surface area contributed by atoms with Crippen molar-refractivity contribution in [3.8, 4) is 0 Å². The first-order valence-corrected chi connectivity index (χ1v) is 4.60. The number of aliphatic hydroxyl groups is 1. The van der Waals surface area contributed by atoms with Gasteiger partial charge < -0.3 is 10.8 Å². The summed E-state index contributed by atoms with van der Waals surface area (Å²) in [6.07, 6.45) is 2.59. The third kappa shape index (κ3) is 3.21. The molecule has 0 saturated heterocycles. The molecule has 0 aromatic rings. The molecule has 0 aliphatic heterocycles. The molecule has 2 nitrogen and oxygen atoms in total. The summed E-state index contributed by atoms with van der Waals surface area (Å²) in [5.74, 6) is 0.380. The lowest BCUT2D eigenvalue weighted by Gasteiger charge is -2.24. The molecule has 0 fully saturated rings. The highest BCUT2D eigenvalue weighted by Crippen LogP contribution is 2.15. The molecule has 0 saturated carbocycles. The quantitative estimate of drug-likeness (QED) is 0.639. The summed E-state index contributed by atoms with van der Waals surface area (Å²) in [7, 11) is 0. The van der Waals surface area contributed by atoms with Crippen LogP contribution in [0.3, 0.4) is 0 Å². The summed E-state index contributed by atoms with van der Waals surface area (Å²) in [5.41, 5.74) is 5.72. The zero-order valence-electron chi connectivity index (χ0n) is 7.88. The lowest BCUT2D eigenvalue weighted by Crippen LogP contribution is -2.39. The average Bonchev–Trinajstić information content (AvgIpc) is 2.05. The Balaban J connectivity index is 3.86. The summed E-state index contributed by atoms with van der Waals surface area (Å²) in [6, 6.07) is -0.0418. The van der Waals surface area contributed by atoms with Gasteiger partial charge >= 0.3 is 0 Å². The van der Waals surface area contributed by atoms with Crippen molar-refractivity contribution in [1.29, 1.82) is 0 Å². The first-order valence-electron chi connectivity index (χ1n) is 4.60. The predicted molar refractivity (Wildman–Crippen MR) is 48.3 cm³/mol. The van der Waals surface area contributed by atoms with Crippen LogP contribution in [0.1, 0.15) is 40.0 Å². The van der Waals surface area contributed by atoms with Crippen molar-refractivity contribution in [2.24, 2.45) is 11.7 Å². The minimum absolute atomic E-state index is 0.0418. The molecule has 2 atom stereocenters. The monoisotopic (exact) mass is 159 g/mol. The van der Waals surface area contributed by atoms with Gasteiger partial charge in [0.15, 0.2) is 0 Å². The maximum atomic E-state index is 9.65. The van der Waals surface area contributed by atoms with Crippen molar-refractivity contribution < 1.29 is 5.11 Å². The van der Waals surface area contributed by atoms with Gasteiger partial charge in [-0.2, -0.15) is 0 Å². The number of aliphatic hydroxyl groups excluding tert-OH is 1. The maximum Gasteiger partial charge on any atom is 0.0718 e. The summed E-state index contributed by atoms with van der Waals surface area (Å²) in [4.78, 5) is 0. The molecule has 11 heavy (non-hydrogen) atoms. The molecule has 0 amide bonds. The van der Waals surface area contributed by atoms with Crippen LogP contribution in [0.15, 0.2) is 0 Å². The largest absolute Gasteiger partial charge is 0.391 e. The summed E-state index contributed by atoms with van der Waals surface area (Å²) in [6.45, 7) is 6.20. The van der Waals surface area contributed by atoms with Crippen molar-refractivity contribution in [2.45, 2.75) is 52.2 Å². The van der Waals surface area contributed by atoms with E-state index in [-0.39, 0.29) is 12.1 Å². The third-order valence-electron chi connectivity index (χ3n) is 2.44. The molecule has 0 aromatic carbocycles. The van der Waals surface area contributed by atoms with Gasteiger partial charge in [0.1, 0.15) is 0 Å². The number of nitrogens with two attached hydrogens (primary N) is 1. The van der Waals surface area contributed by atoms with Gasteiger partial charge in [-0.15, -0.1) is 0 Å². The Morgan fingerprint density at radius 2 is 1.55 bits per heavy atom. The Morgan fingerprint density at radius 3 is 1.82 bits per heavy atom. The minimum atomic E-state index is -0.310. The first kappa shape index (κ1) is 10.9. The molecule has 68 valence electrons. The molecule has 0 bridgehead atoms. The fourth-order valence-corrected chi connectivity index (χ4v) is 1.36. The second-order valence-electron chi connectivity index (χ2n) is 3.14. The van der Waals surface area contributed by atoms with Crippen LogP contribution in [-0.4, -0.2) is 17.3 Å². The normalized spacial score (nSPS) is 16.9. The second-order valence-corrected chi connectivity index (χ2v) is 3.14. The molecule has 0 spiro atoms. The Bertz CT molecular complexity index is 91.6. The molecular weight excluding hydrogens is 138 g/mol. The average molecular weight is 159 g/mol. The molecule has 0 aliphatic carbocycles. The van der Waals surface area contributed by atoms with E-state index in [2.05, 4.69) is 13.8 Å². The van der Waals surface area contributed by atoms with E-state index in [0.717, 1.165) is 19.3 Å². The smallest absolute Gasteiger partial charge is 0.0718 e. The van der Waals surface area contributed by atoms with E-state index in [9.17, 15) is 5.11 Å². The lowest BCUT2D eigenvalue weighted by atomic mass is 9.91. The Labute approximate surface area is 69.8 Å². The minimum Gasteiger partial charge on any atom is -0.391 e. The van der Waals surface area contributed by atoms with Gasteiger partial charge in [-0.25, -0.2) is 0 Å². The molecule has 0 aromatic heterocycles. The van der Waals surface area contributed by atoms with Crippen molar-refractivity contribution in [3.63, 3.8) is 0 Å². The molecule has 0 rings (SSSR count). The zero-order chi connectivity index (χ0) is 8.85. The van der Waals surface area contributed by atoms with E-state index in [1.165, 1.54) is 0 Å². The van der Waals surface area contributed by atoms with Crippen LogP contribution in [0, 0.1) is 5.92 Å². The number of hydrogen-bond acceptors (Lipinski definition) is 2. The van der Waals surface area contributed by atoms with Crippen molar-refractivity contribution in [1.82, 2.24) is 0 Å². The van der Waals surface area contributed by atoms with E-state index in [4.69, 9.17) is 5.73 Å².